The molecule has 0 unspecified atom stereocenters. The van der Waals surface area contributed by atoms with Gasteiger partial charge in [-0.2, -0.15) is 0 Å². The predicted molar refractivity (Wildman–Crippen MR) is 304 cm³/mol. The Morgan fingerprint density at radius 3 is 1.27 bits per heavy atom. The molecule has 0 amide bonds. The maximum atomic E-state index is 6.10. The Balaban J connectivity index is 0.000000196. The zero-order valence-electron chi connectivity index (χ0n) is 39.2. The van der Waals surface area contributed by atoms with Crippen LogP contribution in [0.3, 0.4) is 0 Å². The summed E-state index contributed by atoms with van der Waals surface area (Å²) < 4.78 is 4.59. The van der Waals surface area contributed by atoms with Gasteiger partial charge in [0.25, 0.3) is 0 Å². The van der Waals surface area contributed by atoms with Gasteiger partial charge in [-0.3, -0.25) is 4.57 Å². The van der Waals surface area contributed by atoms with E-state index in [9.17, 15) is 0 Å². The smallest absolute Gasteiger partial charge is 0.235 e. The van der Waals surface area contributed by atoms with Gasteiger partial charge in [0.1, 0.15) is 0 Å². The summed E-state index contributed by atoms with van der Waals surface area (Å²) in [6, 6.07) is 87.3. The zero-order valence-corrected chi connectivity index (χ0v) is 40.0. The molecule has 0 N–H and O–H groups in total. The van der Waals surface area contributed by atoms with Gasteiger partial charge in [0, 0.05) is 49.1 Å². The zero-order chi connectivity index (χ0) is 48.4. The highest BCUT2D eigenvalue weighted by Crippen LogP contribution is 2.40. The molecule has 73 heavy (non-hydrogen) atoms. The van der Waals surface area contributed by atoms with Crippen LogP contribution in [0.5, 0.6) is 0 Å². The molecular formula is C66H41ClN6. The van der Waals surface area contributed by atoms with Crippen LogP contribution in [0.1, 0.15) is 0 Å². The fraction of sp³-hybridized carbons (Fsp3) is 0. The number of hydrogen-bond donors (Lipinski definition) is 0. The Hall–Kier alpha value is -9.49. The lowest BCUT2D eigenvalue weighted by Crippen LogP contribution is -2.03. The molecule has 0 aliphatic carbocycles. The molecule has 0 saturated carbocycles. The van der Waals surface area contributed by atoms with E-state index in [1.54, 1.807) is 0 Å². The number of fused-ring (bicyclic) bond motifs is 12. The fourth-order valence-electron chi connectivity index (χ4n) is 10.9. The van der Waals surface area contributed by atoms with Gasteiger partial charge in [0.2, 0.25) is 11.2 Å². The molecule has 6 nitrogen and oxygen atoms in total. The molecular weight excluding hydrogens is 912 g/mol. The van der Waals surface area contributed by atoms with Gasteiger partial charge < -0.3 is 4.57 Å². The number of rotatable bonds is 5. The van der Waals surface area contributed by atoms with Gasteiger partial charge >= 0.3 is 0 Å². The van der Waals surface area contributed by atoms with E-state index < -0.39 is 0 Å². The first-order valence-electron chi connectivity index (χ1n) is 24.4. The third-order valence-corrected chi connectivity index (χ3v) is 14.3. The van der Waals surface area contributed by atoms with Gasteiger partial charge in [0.05, 0.1) is 44.5 Å². The molecule has 0 bridgehead atoms. The highest BCUT2D eigenvalue weighted by molar-refractivity contribution is 6.29. The van der Waals surface area contributed by atoms with Crippen molar-refractivity contribution in [3.8, 4) is 45.3 Å². The highest BCUT2D eigenvalue weighted by Gasteiger charge is 2.20. The van der Waals surface area contributed by atoms with Crippen LogP contribution in [0, 0.1) is 0 Å². The van der Waals surface area contributed by atoms with E-state index in [0.29, 0.717) is 5.95 Å². The summed E-state index contributed by atoms with van der Waals surface area (Å²) in [5.41, 5.74) is 13.8. The standard InChI is InChI=1S/C48H30N4.C18H11ClN2/c1-3-14-32(15-4-1)47-46-36-18-8-7-13-31(36)23-26-41(46)49-48(50-47)52-43-22-12-10-20-38(43)40-30-34(25-28-45(40)52)33-24-27-44-39(29-33)37-19-9-11-21-42(37)51(44)35-16-5-2-6-17-35;19-18-20-15-11-10-12-6-4-5-9-14(12)16(15)17(21-18)13-7-2-1-3-8-13/h1-30H;1-11H. The molecule has 15 aromatic rings. The molecule has 7 heteroatoms. The Morgan fingerprint density at radius 2 is 0.712 bits per heavy atom. The first kappa shape index (κ1) is 42.4. The minimum atomic E-state index is 0.275. The van der Waals surface area contributed by atoms with Crippen LogP contribution in [0.4, 0.5) is 0 Å². The summed E-state index contributed by atoms with van der Waals surface area (Å²) in [6.45, 7) is 0. The maximum Gasteiger partial charge on any atom is 0.235 e. The summed E-state index contributed by atoms with van der Waals surface area (Å²) in [5, 5.41) is 11.9. The highest BCUT2D eigenvalue weighted by atomic mass is 35.5. The van der Waals surface area contributed by atoms with Crippen molar-refractivity contribution in [3.05, 3.63) is 254 Å². The number of nitrogens with zero attached hydrogens (tertiary/aromatic N) is 6. The molecule has 0 aliphatic heterocycles. The van der Waals surface area contributed by atoms with Crippen LogP contribution >= 0.6 is 11.6 Å². The average Bonchev–Trinajstić information content (AvgIpc) is 3.97. The van der Waals surface area contributed by atoms with Crippen molar-refractivity contribution < 1.29 is 0 Å². The third-order valence-electron chi connectivity index (χ3n) is 14.1. The molecule has 0 fully saturated rings. The van der Waals surface area contributed by atoms with E-state index in [1.165, 1.54) is 54.5 Å². The number of halogens is 1. The molecule has 15 rings (SSSR count). The van der Waals surface area contributed by atoms with Crippen molar-refractivity contribution in [1.82, 2.24) is 29.1 Å². The van der Waals surface area contributed by atoms with Crippen molar-refractivity contribution in [2.45, 2.75) is 0 Å². The van der Waals surface area contributed by atoms with Crippen molar-refractivity contribution >= 4 is 98.6 Å². The monoisotopic (exact) mass is 952 g/mol. The van der Waals surface area contributed by atoms with Crippen molar-refractivity contribution in [3.63, 3.8) is 0 Å². The number of benzene rings is 11. The van der Waals surface area contributed by atoms with Gasteiger partial charge in [-0.15, -0.1) is 0 Å². The normalized spacial score (nSPS) is 11.6. The lowest BCUT2D eigenvalue weighted by atomic mass is 10.0. The lowest BCUT2D eigenvalue weighted by Gasteiger charge is -2.13. The van der Waals surface area contributed by atoms with Crippen LogP contribution in [0.2, 0.25) is 5.28 Å². The summed E-state index contributed by atoms with van der Waals surface area (Å²) in [6.07, 6.45) is 0. The first-order valence-corrected chi connectivity index (χ1v) is 24.8. The van der Waals surface area contributed by atoms with Crippen LogP contribution in [-0.2, 0) is 0 Å². The molecule has 0 saturated heterocycles. The minimum absolute atomic E-state index is 0.275. The van der Waals surface area contributed by atoms with Crippen LogP contribution in [0.25, 0.3) is 132 Å². The summed E-state index contributed by atoms with van der Waals surface area (Å²) in [4.78, 5) is 19.5. The van der Waals surface area contributed by atoms with E-state index in [2.05, 4.69) is 219 Å². The second-order valence-corrected chi connectivity index (χ2v) is 18.6. The maximum absolute atomic E-state index is 6.10. The Bertz CT molecular complexity index is 4620. The SMILES string of the molecule is Clc1nc(-c2ccccc2)c2c(ccc3ccccc32)n1.c1ccc(-c2nc(-n3c4ccccc4c4cc(-c5ccc6c(c5)c5ccccc5n6-c5ccccc5)ccc43)nc3ccc4ccccc4c23)cc1. The number of hydrogen-bond acceptors (Lipinski definition) is 4. The second kappa shape index (κ2) is 17.4. The van der Waals surface area contributed by atoms with E-state index in [1.807, 2.05) is 48.5 Å². The summed E-state index contributed by atoms with van der Waals surface area (Å²) >= 11 is 6.10. The lowest BCUT2D eigenvalue weighted by molar-refractivity contribution is 1.01. The average molecular weight is 954 g/mol. The van der Waals surface area contributed by atoms with E-state index in [4.69, 9.17) is 21.6 Å². The summed E-state index contributed by atoms with van der Waals surface area (Å²) in [5.74, 6) is 0.663. The minimum Gasteiger partial charge on any atom is -0.309 e. The molecule has 0 radical (unpaired) electrons. The number of para-hydroxylation sites is 3. The molecule has 0 spiro atoms. The van der Waals surface area contributed by atoms with Gasteiger partial charge in [0.15, 0.2) is 0 Å². The van der Waals surface area contributed by atoms with E-state index >= 15 is 0 Å². The van der Waals surface area contributed by atoms with Crippen LogP contribution in [0.15, 0.2) is 249 Å². The second-order valence-electron chi connectivity index (χ2n) is 18.3. The molecule has 0 aliphatic rings. The fourth-order valence-corrected chi connectivity index (χ4v) is 11.0. The van der Waals surface area contributed by atoms with Gasteiger partial charge in [-0.1, -0.05) is 188 Å². The molecule has 4 aromatic heterocycles. The van der Waals surface area contributed by atoms with Gasteiger partial charge in [-0.25, -0.2) is 19.9 Å². The first-order chi connectivity index (χ1) is 36.1. The number of aromatic nitrogens is 6. The quantitative estimate of drug-likeness (QED) is 0.127. The van der Waals surface area contributed by atoms with Crippen molar-refractivity contribution in [2.75, 3.05) is 0 Å². The largest absolute Gasteiger partial charge is 0.309 e. The van der Waals surface area contributed by atoms with E-state index in [-0.39, 0.29) is 5.28 Å². The van der Waals surface area contributed by atoms with Crippen molar-refractivity contribution in [2.24, 2.45) is 0 Å². The third kappa shape index (κ3) is 7.18. The Morgan fingerprint density at radius 1 is 0.288 bits per heavy atom. The summed E-state index contributed by atoms with van der Waals surface area (Å²) in [7, 11) is 0. The molecule has 4 heterocycles. The Kier molecular flexibility index (Phi) is 10.1. The van der Waals surface area contributed by atoms with Crippen LogP contribution < -0.4 is 0 Å². The van der Waals surface area contributed by atoms with Crippen molar-refractivity contribution in [1.29, 1.82) is 0 Å². The topological polar surface area (TPSA) is 61.4 Å². The molecule has 0 atom stereocenters. The predicted octanol–water partition coefficient (Wildman–Crippen LogP) is 17.4. The van der Waals surface area contributed by atoms with Crippen LogP contribution in [-0.4, -0.2) is 29.1 Å². The molecule has 11 aromatic carbocycles. The van der Waals surface area contributed by atoms with E-state index in [0.717, 1.165) is 71.8 Å². The van der Waals surface area contributed by atoms with Gasteiger partial charge in [-0.05, 0) is 105 Å². The Labute approximate surface area is 424 Å². The molecule has 342 valence electrons.